The second-order valence-corrected chi connectivity index (χ2v) is 6.79. The van der Waals surface area contributed by atoms with Crippen molar-refractivity contribution in [1.82, 2.24) is 0 Å². The molecule has 1 atom stereocenters. The maximum Gasteiger partial charge on any atom is 0.329 e. The highest BCUT2D eigenvalue weighted by Crippen LogP contribution is 2.18. The summed E-state index contributed by atoms with van der Waals surface area (Å²) in [7, 11) is 0. The molecule has 0 amide bonds. The first-order valence-corrected chi connectivity index (χ1v) is 9.28. The van der Waals surface area contributed by atoms with E-state index in [1.807, 2.05) is 61.5 Å². The van der Waals surface area contributed by atoms with Gasteiger partial charge in [-0.05, 0) is 30.2 Å². The maximum atomic E-state index is 12.8. The minimum absolute atomic E-state index is 0.00533. The first kappa shape index (κ1) is 20.1. The standard InChI is InChI=1S/C23H22N2O4/c1-17-10-12-20(13-11-17)24-22(15-19-8-5-9-21(14-19)25(27)28)23(26)29-16-18-6-3-2-4-7-18/h2-14,22,24H,15-16H2,1H3. The van der Waals surface area contributed by atoms with Gasteiger partial charge in [-0.2, -0.15) is 0 Å². The molecule has 0 aromatic heterocycles. The molecule has 29 heavy (non-hydrogen) atoms. The Morgan fingerprint density at radius 1 is 1.00 bits per heavy atom. The average Bonchev–Trinajstić information content (AvgIpc) is 2.74. The molecule has 0 fully saturated rings. The molecule has 0 aliphatic carbocycles. The fourth-order valence-electron chi connectivity index (χ4n) is 2.91. The molecule has 0 aliphatic heterocycles. The van der Waals surface area contributed by atoms with Gasteiger partial charge in [-0.25, -0.2) is 4.79 Å². The quantitative estimate of drug-likeness (QED) is 0.343. The molecule has 1 N–H and O–H groups in total. The first-order valence-electron chi connectivity index (χ1n) is 9.28. The predicted molar refractivity (Wildman–Crippen MR) is 112 cm³/mol. The van der Waals surface area contributed by atoms with Crippen molar-refractivity contribution in [3.05, 3.63) is 106 Å². The van der Waals surface area contributed by atoms with E-state index in [-0.39, 0.29) is 18.7 Å². The highest BCUT2D eigenvalue weighted by molar-refractivity contribution is 5.79. The molecular formula is C23H22N2O4. The smallest absolute Gasteiger partial charge is 0.329 e. The van der Waals surface area contributed by atoms with E-state index in [0.717, 1.165) is 16.8 Å². The predicted octanol–water partition coefficient (Wildman–Crippen LogP) is 4.67. The van der Waals surface area contributed by atoms with Crippen LogP contribution < -0.4 is 5.32 Å². The van der Waals surface area contributed by atoms with Crippen molar-refractivity contribution in [3.63, 3.8) is 0 Å². The lowest BCUT2D eigenvalue weighted by molar-refractivity contribution is -0.384. The molecule has 0 saturated heterocycles. The number of carbonyl (C=O) groups excluding carboxylic acids is 1. The van der Waals surface area contributed by atoms with Gasteiger partial charge < -0.3 is 10.1 Å². The van der Waals surface area contributed by atoms with E-state index < -0.39 is 16.9 Å². The summed E-state index contributed by atoms with van der Waals surface area (Å²) in [4.78, 5) is 23.4. The molecule has 0 saturated carbocycles. The van der Waals surface area contributed by atoms with Crippen molar-refractivity contribution < 1.29 is 14.5 Å². The zero-order chi connectivity index (χ0) is 20.6. The Kier molecular flexibility index (Phi) is 6.58. The van der Waals surface area contributed by atoms with Crippen LogP contribution in [0.3, 0.4) is 0 Å². The zero-order valence-corrected chi connectivity index (χ0v) is 16.1. The number of esters is 1. The average molecular weight is 390 g/mol. The van der Waals surface area contributed by atoms with Crippen molar-refractivity contribution in [2.75, 3.05) is 5.32 Å². The summed E-state index contributed by atoms with van der Waals surface area (Å²) in [5.74, 6) is -0.416. The topological polar surface area (TPSA) is 81.5 Å². The summed E-state index contributed by atoms with van der Waals surface area (Å²) >= 11 is 0. The highest BCUT2D eigenvalue weighted by atomic mass is 16.6. The molecule has 1 unspecified atom stereocenters. The second kappa shape index (κ2) is 9.50. The van der Waals surface area contributed by atoms with Gasteiger partial charge in [-0.3, -0.25) is 10.1 Å². The van der Waals surface area contributed by atoms with E-state index in [1.54, 1.807) is 12.1 Å². The lowest BCUT2D eigenvalue weighted by Crippen LogP contribution is -2.33. The Morgan fingerprint density at radius 3 is 2.38 bits per heavy atom. The number of benzene rings is 3. The summed E-state index contributed by atoms with van der Waals surface area (Å²) in [6.07, 6.45) is 0.267. The molecule has 148 valence electrons. The summed E-state index contributed by atoms with van der Waals surface area (Å²) in [5, 5.41) is 14.2. The number of ether oxygens (including phenoxy) is 1. The van der Waals surface area contributed by atoms with Gasteiger partial charge in [-0.1, -0.05) is 60.2 Å². The molecule has 0 aliphatic rings. The summed E-state index contributed by atoms with van der Waals surface area (Å²) < 4.78 is 5.50. The Balaban J connectivity index is 1.76. The molecule has 6 nitrogen and oxygen atoms in total. The molecule has 3 rings (SSSR count). The van der Waals surface area contributed by atoms with Crippen LogP contribution in [-0.4, -0.2) is 16.9 Å². The molecule has 0 bridgehead atoms. The van der Waals surface area contributed by atoms with E-state index in [0.29, 0.717) is 5.56 Å². The van der Waals surface area contributed by atoms with Crippen LogP contribution in [0.1, 0.15) is 16.7 Å². The highest BCUT2D eigenvalue weighted by Gasteiger charge is 2.22. The van der Waals surface area contributed by atoms with Crippen LogP contribution in [0, 0.1) is 17.0 Å². The molecule has 0 spiro atoms. The molecular weight excluding hydrogens is 368 g/mol. The van der Waals surface area contributed by atoms with Crippen LogP contribution in [0.4, 0.5) is 11.4 Å². The number of nitro benzene ring substituents is 1. The SMILES string of the molecule is Cc1ccc(NC(Cc2cccc([N+](=O)[O-])c2)C(=O)OCc2ccccc2)cc1. The fourth-order valence-corrected chi connectivity index (χ4v) is 2.91. The minimum Gasteiger partial charge on any atom is -0.459 e. The number of carbonyl (C=O) groups is 1. The number of nitro groups is 1. The number of rotatable bonds is 8. The molecule has 0 heterocycles. The first-order chi connectivity index (χ1) is 14.0. The Bertz CT molecular complexity index is 972. The van der Waals surface area contributed by atoms with E-state index in [1.165, 1.54) is 12.1 Å². The minimum atomic E-state index is -0.677. The van der Waals surface area contributed by atoms with E-state index >= 15 is 0 Å². The van der Waals surface area contributed by atoms with Crippen LogP contribution in [0.2, 0.25) is 0 Å². The molecule has 6 heteroatoms. The number of nitrogens with one attached hydrogen (secondary N) is 1. The zero-order valence-electron chi connectivity index (χ0n) is 16.1. The van der Waals surface area contributed by atoms with Gasteiger partial charge in [0.05, 0.1) is 4.92 Å². The van der Waals surface area contributed by atoms with Crippen LogP contribution in [0.5, 0.6) is 0 Å². The third-order valence-electron chi connectivity index (χ3n) is 4.46. The van der Waals surface area contributed by atoms with Crippen molar-refractivity contribution in [2.45, 2.75) is 26.0 Å². The summed E-state index contributed by atoms with van der Waals surface area (Å²) in [6, 6.07) is 22.7. The van der Waals surface area contributed by atoms with Crippen molar-refractivity contribution in [3.8, 4) is 0 Å². The number of nitrogens with zero attached hydrogens (tertiary/aromatic N) is 1. The van der Waals surface area contributed by atoms with Crippen LogP contribution >= 0.6 is 0 Å². The van der Waals surface area contributed by atoms with E-state index in [9.17, 15) is 14.9 Å². The largest absolute Gasteiger partial charge is 0.459 e. The normalized spacial score (nSPS) is 11.5. The maximum absolute atomic E-state index is 12.8. The van der Waals surface area contributed by atoms with Gasteiger partial charge in [0.25, 0.3) is 5.69 Å². The van der Waals surface area contributed by atoms with Crippen LogP contribution in [0.25, 0.3) is 0 Å². The van der Waals surface area contributed by atoms with E-state index in [4.69, 9.17) is 4.74 Å². The Labute approximate surface area is 169 Å². The molecule has 3 aromatic rings. The van der Waals surface area contributed by atoms with Crippen molar-refractivity contribution in [2.24, 2.45) is 0 Å². The van der Waals surface area contributed by atoms with Gasteiger partial charge in [0.2, 0.25) is 0 Å². The molecule has 0 radical (unpaired) electrons. The number of anilines is 1. The lowest BCUT2D eigenvalue weighted by Gasteiger charge is -2.19. The lowest BCUT2D eigenvalue weighted by atomic mass is 10.0. The van der Waals surface area contributed by atoms with Gasteiger partial charge in [0, 0.05) is 24.2 Å². The number of aryl methyl sites for hydroxylation is 1. The number of non-ortho nitro benzene ring substituents is 1. The monoisotopic (exact) mass is 390 g/mol. The van der Waals surface area contributed by atoms with Gasteiger partial charge in [0.15, 0.2) is 0 Å². The van der Waals surface area contributed by atoms with Gasteiger partial charge in [0.1, 0.15) is 12.6 Å². The van der Waals surface area contributed by atoms with Gasteiger partial charge >= 0.3 is 5.97 Å². The summed E-state index contributed by atoms with van der Waals surface area (Å²) in [5.41, 5.74) is 3.46. The van der Waals surface area contributed by atoms with E-state index in [2.05, 4.69) is 5.32 Å². The fraction of sp³-hybridized carbons (Fsp3) is 0.174. The number of hydrogen-bond donors (Lipinski definition) is 1. The Hall–Kier alpha value is -3.67. The third kappa shape index (κ3) is 5.90. The van der Waals surface area contributed by atoms with Gasteiger partial charge in [-0.15, -0.1) is 0 Å². The Morgan fingerprint density at radius 2 is 1.69 bits per heavy atom. The molecule has 3 aromatic carbocycles. The number of hydrogen-bond acceptors (Lipinski definition) is 5. The second-order valence-electron chi connectivity index (χ2n) is 6.79. The van der Waals surface area contributed by atoms with Crippen LogP contribution in [0.15, 0.2) is 78.9 Å². The third-order valence-corrected chi connectivity index (χ3v) is 4.46. The summed E-state index contributed by atoms with van der Waals surface area (Å²) in [6.45, 7) is 2.15. The van der Waals surface area contributed by atoms with Crippen molar-refractivity contribution >= 4 is 17.3 Å². The van der Waals surface area contributed by atoms with Crippen LogP contribution in [-0.2, 0) is 22.6 Å². The van der Waals surface area contributed by atoms with Crippen molar-refractivity contribution in [1.29, 1.82) is 0 Å².